The number of hydrogen-bond donors (Lipinski definition) is 1. The van der Waals surface area contributed by atoms with Crippen LogP contribution in [0.3, 0.4) is 0 Å². The van der Waals surface area contributed by atoms with Gasteiger partial charge in [-0.25, -0.2) is 9.07 Å². The molecule has 2 heterocycles. The van der Waals surface area contributed by atoms with Crippen LogP contribution in [0.2, 0.25) is 0 Å². The molecule has 4 rings (SSSR count). The Balaban J connectivity index is 1.51. The van der Waals surface area contributed by atoms with E-state index in [-0.39, 0.29) is 17.3 Å². The number of carbonyl (C=O) groups excluding carboxylic acids is 1. The zero-order valence-corrected chi connectivity index (χ0v) is 16.2. The average Bonchev–Trinajstić information content (AvgIpc) is 3.39. The van der Waals surface area contributed by atoms with Gasteiger partial charge >= 0.3 is 0 Å². The highest BCUT2D eigenvalue weighted by Crippen LogP contribution is 2.20. The predicted molar refractivity (Wildman–Crippen MR) is 110 cm³/mol. The molecule has 0 saturated heterocycles. The first-order chi connectivity index (χ1) is 14.2. The zero-order chi connectivity index (χ0) is 20.1. The minimum absolute atomic E-state index is 0.0824. The Kier molecular flexibility index (Phi) is 5.71. The van der Waals surface area contributed by atoms with Gasteiger partial charge in [-0.1, -0.05) is 54.2 Å². The van der Waals surface area contributed by atoms with Crippen LogP contribution in [0.1, 0.15) is 11.4 Å². The van der Waals surface area contributed by atoms with Crippen LogP contribution < -0.4 is 5.32 Å². The molecule has 2 aromatic heterocycles. The largest absolute Gasteiger partial charge is 0.323 e. The lowest BCUT2D eigenvalue weighted by Crippen LogP contribution is -2.17. The van der Waals surface area contributed by atoms with Crippen molar-refractivity contribution >= 4 is 23.4 Å². The molecule has 6 nitrogen and oxygen atoms in total. The van der Waals surface area contributed by atoms with E-state index in [2.05, 4.69) is 15.5 Å². The van der Waals surface area contributed by atoms with Crippen LogP contribution in [-0.4, -0.2) is 31.2 Å². The lowest BCUT2D eigenvalue weighted by atomic mass is 10.1. The van der Waals surface area contributed by atoms with Crippen molar-refractivity contribution in [1.29, 1.82) is 0 Å². The highest BCUT2D eigenvalue weighted by atomic mass is 32.2. The molecule has 2 aromatic carbocycles. The second-order valence-electron chi connectivity index (χ2n) is 6.25. The van der Waals surface area contributed by atoms with E-state index >= 15 is 0 Å². The van der Waals surface area contributed by atoms with Crippen molar-refractivity contribution in [3.8, 4) is 0 Å². The minimum Gasteiger partial charge on any atom is -0.323 e. The number of nitrogens with one attached hydrogen (secondary N) is 1. The number of nitrogens with zero attached hydrogens (tertiary/aromatic N) is 4. The summed E-state index contributed by atoms with van der Waals surface area (Å²) in [5, 5.41) is 11.8. The summed E-state index contributed by atoms with van der Waals surface area (Å²) >= 11 is 1.24. The van der Waals surface area contributed by atoms with Crippen molar-refractivity contribution in [2.75, 3.05) is 11.1 Å². The first-order valence-electron chi connectivity index (χ1n) is 9.00. The number of carbonyl (C=O) groups is 1. The summed E-state index contributed by atoms with van der Waals surface area (Å²) in [6.07, 6.45) is 4.39. The second-order valence-corrected chi connectivity index (χ2v) is 7.20. The van der Waals surface area contributed by atoms with E-state index in [4.69, 9.17) is 0 Å². The van der Waals surface area contributed by atoms with Gasteiger partial charge in [-0.3, -0.25) is 9.47 Å². The van der Waals surface area contributed by atoms with E-state index in [0.29, 0.717) is 11.6 Å². The Morgan fingerprint density at radius 2 is 1.69 bits per heavy atom. The first kappa shape index (κ1) is 18.9. The molecule has 1 N–H and O–H groups in total. The number of benzene rings is 2. The fourth-order valence-corrected chi connectivity index (χ4v) is 3.60. The summed E-state index contributed by atoms with van der Waals surface area (Å²) in [5.74, 6) is 0.0571. The molecule has 146 valence electrons. The average molecular weight is 407 g/mol. The standard InChI is InChI=1S/C21H18FN5OS/c22-17-10-4-5-11-18(17)23-20(28)15-29-21-25-24-19(14-16-8-2-1-3-9-16)27(21)26-12-6-7-13-26/h1-13H,14-15H2,(H,23,28). The molecular weight excluding hydrogens is 389 g/mol. The number of amides is 1. The number of hydrogen-bond acceptors (Lipinski definition) is 4. The first-order valence-corrected chi connectivity index (χ1v) is 9.98. The molecule has 0 saturated carbocycles. The van der Waals surface area contributed by atoms with Gasteiger partial charge in [-0.05, 0) is 29.8 Å². The summed E-state index contributed by atoms with van der Waals surface area (Å²) in [7, 11) is 0. The lowest BCUT2D eigenvalue weighted by molar-refractivity contribution is -0.113. The van der Waals surface area contributed by atoms with Crippen molar-refractivity contribution in [3.63, 3.8) is 0 Å². The summed E-state index contributed by atoms with van der Waals surface area (Å²) in [4.78, 5) is 12.3. The molecule has 0 radical (unpaired) electrons. The minimum atomic E-state index is -0.466. The smallest absolute Gasteiger partial charge is 0.234 e. The Morgan fingerprint density at radius 1 is 0.966 bits per heavy atom. The van der Waals surface area contributed by atoms with Gasteiger partial charge in [-0.15, -0.1) is 10.2 Å². The summed E-state index contributed by atoms with van der Waals surface area (Å²) in [6, 6.07) is 19.9. The fourth-order valence-electron chi connectivity index (χ4n) is 2.84. The third-order valence-corrected chi connectivity index (χ3v) is 5.10. The fraction of sp³-hybridized carbons (Fsp3) is 0.0952. The van der Waals surface area contributed by atoms with Crippen LogP contribution in [0, 0.1) is 5.82 Å². The number of aromatic nitrogens is 4. The van der Waals surface area contributed by atoms with Crippen molar-refractivity contribution in [2.24, 2.45) is 0 Å². The molecule has 0 bridgehead atoms. The molecule has 0 unspecified atom stereocenters. The van der Waals surface area contributed by atoms with Gasteiger partial charge in [0.25, 0.3) is 0 Å². The van der Waals surface area contributed by atoms with Gasteiger partial charge in [0, 0.05) is 18.8 Å². The maximum atomic E-state index is 13.7. The quantitative estimate of drug-likeness (QED) is 0.473. The third-order valence-electron chi connectivity index (χ3n) is 4.18. The second kappa shape index (κ2) is 8.74. The molecule has 1 amide bonds. The molecule has 0 spiro atoms. The summed E-state index contributed by atoms with van der Waals surface area (Å²) in [5.41, 5.74) is 1.27. The van der Waals surface area contributed by atoms with Gasteiger partial charge in [0.1, 0.15) is 5.82 Å². The maximum Gasteiger partial charge on any atom is 0.234 e. The zero-order valence-electron chi connectivity index (χ0n) is 15.4. The van der Waals surface area contributed by atoms with Crippen molar-refractivity contribution < 1.29 is 9.18 Å². The van der Waals surface area contributed by atoms with Crippen molar-refractivity contribution in [1.82, 2.24) is 19.5 Å². The Bertz CT molecular complexity index is 1100. The van der Waals surface area contributed by atoms with Crippen LogP contribution in [0.25, 0.3) is 0 Å². The molecule has 0 aliphatic carbocycles. The maximum absolute atomic E-state index is 13.7. The molecule has 4 aromatic rings. The van der Waals surface area contributed by atoms with Crippen LogP contribution >= 0.6 is 11.8 Å². The molecule has 0 aliphatic heterocycles. The summed E-state index contributed by atoms with van der Waals surface area (Å²) in [6.45, 7) is 0. The predicted octanol–water partition coefficient (Wildman–Crippen LogP) is 3.85. The van der Waals surface area contributed by atoms with E-state index in [9.17, 15) is 9.18 Å². The van der Waals surface area contributed by atoms with Gasteiger partial charge in [0.05, 0.1) is 11.4 Å². The number of thioether (sulfide) groups is 1. The number of halogens is 1. The van der Waals surface area contributed by atoms with Crippen LogP contribution in [0.4, 0.5) is 10.1 Å². The van der Waals surface area contributed by atoms with E-state index in [1.54, 1.807) is 12.1 Å². The molecule has 0 atom stereocenters. The highest BCUT2D eigenvalue weighted by Gasteiger charge is 2.16. The van der Waals surface area contributed by atoms with Gasteiger partial charge in [0.2, 0.25) is 11.1 Å². The molecule has 0 fully saturated rings. The summed E-state index contributed by atoms with van der Waals surface area (Å²) < 4.78 is 17.5. The van der Waals surface area contributed by atoms with Gasteiger partial charge in [-0.2, -0.15) is 0 Å². The van der Waals surface area contributed by atoms with E-state index in [1.165, 1.54) is 23.9 Å². The van der Waals surface area contributed by atoms with Crippen LogP contribution in [-0.2, 0) is 11.2 Å². The number of anilines is 1. The Hall–Kier alpha value is -3.39. The number of rotatable bonds is 7. The van der Waals surface area contributed by atoms with E-state index in [1.807, 2.05) is 64.2 Å². The van der Waals surface area contributed by atoms with Crippen LogP contribution in [0.5, 0.6) is 0 Å². The molecule has 0 aliphatic rings. The van der Waals surface area contributed by atoms with Crippen molar-refractivity contribution in [3.05, 3.63) is 96.3 Å². The normalized spacial score (nSPS) is 10.8. The Morgan fingerprint density at radius 3 is 2.45 bits per heavy atom. The lowest BCUT2D eigenvalue weighted by Gasteiger charge is -2.11. The topological polar surface area (TPSA) is 64.7 Å². The van der Waals surface area contributed by atoms with Crippen LogP contribution in [0.15, 0.2) is 84.3 Å². The molecular formula is C21H18FN5OS. The van der Waals surface area contributed by atoms with E-state index in [0.717, 1.165) is 11.4 Å². The van der Waals surface area contributed by atoms with Gasteiger partial charge in [0.15, 0.2) is 5.82 Å². The molecule has 29 heavy (non-hydrogen) atoms. The third kappa shape index (κ3) is 4.55. The van der Waals surface area contributed by atoms with Crippen molar-refractivity contribution in [2.45, 2.75) is 11.6 Å². The number of para-hydroxylation sites is 1. The molecule has 8 heteroatoms. The Labute approximate surface area is 171 Å². The highest BCUT2D eigenvalue weighted by molar-refractivity contribution is 7.99. The van der Waals surface area contributed by atoms with Gasteiger partial charge < -0.3 is 5.32 Å². The SMILES string of the molecule is O=C(CSc1nnc(Cc2ccccc2)n1-n1cccc1)Nc1ccccc1F. The van der Waals surface area contributed by atoms with E-state index < -0.39 is 5.82 Å². The monoisotopic (exact) mass is 407 g/mol.